The van der Waals surface area contributed by atoms with E-state index in [-0.39, 0.29) is 5.78 Å². The molecular formula is C10H18O4. The van der Waals surface area contributed by atoms with Gasteiger partial charge in [-0.15, -0.1) is 0 Å². The highest BCUT2D eigenvalue weighted by Gasteiger charge is 2.30. The molecule has 0 amide bonds. The summed E-state index contributed by atoms with van der Waals surface area (Å²) in [5, 5.41) is 0. The fraction of sp³-hybridized carbons (Fsp3) is 0.800. The molecule has 0 aromatic rings. The van der Waals surface area contributed by atoms with E-state index in [1.54, 1.807) is 6.92 Å². The number of hydrogen-bond donors (Lipinski definition) is 0. The van der Waals surface area contributed by atoms with Crippen molar-refractivity contribution in [1.29, 1.82) is 0 Å². The summed E-state index contributed by atoms with van der Waals surface area (Å²) in [5.41, 5.74) is 0. The van der Waals surface area contributed by atoms with Crippen LogP contribution < -0.4 is 0 Å². The number of ether oxygens (including phenoxy) is 2. The van der Waals surface area contributed by atoms with Crippen molar-refractivity contribution in [2.24, 2.45) is 5.92 Å². The molecule has 0 N–H and O–H groups in total. The largest absolute Gasteiger partial charge is 0.468 e. The Labute approximate surface area is 84.6 Å². The third-order valence-electron chi connectivity index (χ3n) is 2.21. The Hall–Kier alpha value is -0.900. The molecule has 2 atom stereocenters. The van der Waals surface area contributed by atoms with Gasteiger partial charge in [0.2, 0.25) is 0 Å². The summed E-state index contributed by atoms with van der Waals surface area (Å²) in [6.45, 7) is 3.62. The van der Waals surface area contributed by atoms with Crippen LogP contribution in [0.4, 0.5) is 0 Å². The average molecular weight is 202 g/mol. The minimum Gasteiger partial charge on any atom is -0.468 e. The highest BCUT2D eigenvalue weighted by atomic mass is 16.5. The van der Waals surface area contributed by atoms with Crippen LogP contribution in [0.25, 0.3) is 0 Å². The first-order valence-electron chi connectivity index (χ1n) is 4.76. The minimum absolute atomic E-state index is 0.190. The lowest BCUT2D eigenvalue weighted by atomic mass is 9.96. The number of methoxy groups -OCH3 is 2. The molecule has 2 unspecified atom stereocenters. The second-order valence-corrected chi connectivity index (χ2v) is 3.02. The van der Waals surface area contributed by atoms with Crippen molar-refractivity contribution in [3.63, 3.8) is 0 Å². The molecule has 0 aliphatic rings. The molecule has 0 rings (SSSR count). The van der Waals surface area contributed by atoms with Crippen molar-refractivity contribution >= 4 is 11.8 Å². The third-order valence-corrected chi connectivity index (χ3v) is 2.21. The van der Waals surface area contributed by atoms with Crippen LogP contribution in [0.15, 0.2) is 0 Å². The number of ketones is 1. The Kier molecular flexibility index (Phi) is 6.12. The number of rotatable bonds is 6. The van der Waals surface area contributed by atoms with Crippen molar-refractivity contribution < 1.29 is 19.1 Å². The lowest BCUT2D eigenvalue weighted by molar-refractivity contribution is -0.152. The van der Waals surface area contributed by atoms with Gasteiger partial charge in [0.25, 0.3) is 0 Å². The summed E-state index contributed by atoms with van der Waals surface area (Å²) in [4.78, 5) is 22.9. The molecule has 0 aliphatic heterocycles. The zero-order chi connectivity index (χ0) is 11.1. The average Bonchev–Trinajstić information content (AvgIpc) is 2.20. The molecule has 0 bridgehead atoms. The van der Waals surface area contributed by atoms with Gasteiger partial charge in [-0.05, 0) is 12.8 Å². The van der Waals surface area contributed by atoms with Crippen LogP contribution in [-0.4, -0.2) is 32.1 Å². The standard InChI is InChI=1S/C10H18O4/c1-5-7(10(12)14-4)9(11)8(6-2)13-3/h7-8H,5-6H2,1-4H3. The second kappa shape index (κ2) is 6.54. The van der Waals surface area contributed by atoms with Gasteiger partial charge >= 0.3 is 5.97 Å². The normalized spacial score (nSPS) is 14.6. The Morgan fingerprint density at radius 3 is 2.00 bits per heavy atom. The van der Waals surface area contributed by atoms with Crippen LogP contribution in [0.5, 0.6) is 0 Å². The highest BCUT2D eigenvalue weighted by molar-refractivity contribution is 6.01. The molecule has 0 spiro atoms. The van der Waals surface area contributed by atoms with E-state index in [1.807, 2.05) is 6.92 Å². The van der Waals surface area contributed by atoms with Gasteiger partial charge in [-0.2, -0.15) is 0 Å². The number of hydrogen-bond acceptors (Lipinski definition) is 4. The smallest absolute Gasteiger partial charge is 0.316 e. The topological polar surface area (TPSA) is 52.6 Å². The molecule has 0 saturated heterocycles. The van der Waals surface area contributed by atoms with Gasteiger partial charge in [0.1, 0.15) is 12.0 Å². The van der Waals surface area contributed by atoms with Crippen LogP contribution in [0.2, 0.25) is 0 Å². The van der Waals surface area contributed by atoms with Crippen LogP contribution in [0.3, 0.4) is 0 Å². The number of carbonyl (C=O) groups excluding carboxylic acids is 2. The first-order valence-corrected chi connectivity index (χ1v) is 4.76. The van der Waals surface area contributed by atoms with E-state index < -0.39 is 18.0 Å². The molecule has 0 aliphatic carbocycles. The molecule has 0 fully saturated rings. The lowest BCUT2D eigenvalue weighted by Crippen LogP contribution is -2.34. The maximum Gasteiger partial charge on any atom is 0.316 e. The Balaban J connectivity index is 4.51. The molecule has 0 aromatic heterocycles. The SMILES string of the molecule is CCC(OC)C(=O)C(CC)C(=O)OC. The Morgan fingerprint density at radius 1 is 1.14 bits per heavy atom. The van der Waals surface area contributed by atoms with E-state index in [9.17, 15) is 9.59 Å². The quantitative estimate of drug-likeness (QED) is 0.479. The summed E-state index contributed by atoms with van der Waals surface area (Å²) in [7, 11) is 2.75. The van der Waals surface area contributed by atoms with E-state index >= 15 is 0 Å². The fourth-order valence-electron chi connectivity index (χ4n) is 1.33. The van der Waals surface area contributed by atoms with Crippen molar-refractivity contribution in [2.45, 2.75) is 32.8 Å². The van der Waals surface area contributed by atoms with Gasteiger partial charge in [0.15, 0.2) is 5.78 Å². The van der Waals surface area contributed by atoms with E-state index in [0.29, 0.717) is 12.8 Å². The molecule has 0 saturated carbocycles. The van der Waals surface area contributed by atoms with Crippen molar-refractivity contribution in [1.82, 2.24) is 0 Å². The fourth-order valence-corrected chi connectivity index (χ4v) is 1.33. The maximum absolute atomic E-state index is 11.7. The minimum atomic E-state index is -0.690. The third kappa shape index (κ3) is 3.10. The van der Waals surface area contributed by atoms with Gasteiger partial charge in [0.05, 0.1) is 7.11 Å². The van der Waals surface area contributed by atoms with Crippen LogP contribution in [0.1, 0.15) is 26.7 Å². The molecule has 4 nitrogen and oxygen atoms in total. The lowest BCUT2D eigenvalue weighted by Gasteiger charge is -2.17. The molecular weight excluding hydrogens is 184 g/mol. The van der Waals surface area contributed by atoms with Gasteiger partial charge in [-0.25, -0.2) is 0 Å². The molecule has 0 aromatic carbocycles. The molecule has 0 radical (unpaired) electrons. The van der Waals surface area contributed by atoms with Crippen molar-refractivity contribution in [3.05, 3.63) is 0 Å². The van der Waals surface area contributed by atoms with E-state index in [0.717, 1.165) is 0 Å². The highest BCUT2D eigenvalue weighted by Crippen LogP contribution is 2.12. The first kappa shape index (κ1) is 13.1. The maximum atomic E-state index is 11.7. The van der Waals surface area contributed by atoms with Crippen molar-refractivity contribution in [3.8, 4) is 0 Å². The van der Waals surface area contributed by atoms with Gasteiger partial charge in [-0.3, -0.25) is 9.59 Å². The summed E-state index contributed by atoms with van der Waals surface area (Å²) >= 11 is 0. The number of esters is 1. The predicted molar refractivity (Wildman–Crippen MR) is 51.9 cm³/mol. The first-order chi connectivity index (χ1) is 6.62. The molecule has 82 valence electrons. The number of carbonyl (C=O) groups is 2. The molecule has 0 heterocycles. The van der Waals surface area contributed by atoms with Crippen LogP contribution in [-0.2, 0) is 19.1 Å². The van der Waals surface area contributed by atoms with E-state index in [1.165, 1.54) is 14.2 Å². The van der Waals surface area contributed by atoms with E-state index in [2.05, 4.69) is 4.74 Å². The van der Waals surface area contributed by atoms with Gasteiger partial charge < -0.3 is 9.47 Å². The summed E-state index contributed by atoms with van der Waals surface area (Å²) in [5.74, 6) is -1.36. The molecule has 4 heteroatoms. The predicted octanol–water partition coefficient (Wildman–Crippen LogP) is 1.18. The van der Waals surface area contributed by atoms with E-state index in [4.69, 9.17) is 4.74 Å². The zero-order valence-electron chi connectivity index (χ0n) is 9.20. The monoisotopic (exact) mass is 202 g/mol. The van der Waals surface area contributed by atoms with Gasteiger partial charge in [0, 0.05) is 7.11 Å². The summed E-state index contributed by atoms with van der Waals surface area (Å²) in [6.07, 6.45) is 0.521. The summed E-state index contributed by atoms with van der Waals surface area (Å²) < 4.78 is 9.53. The second-order valence-electron chi connectivity index (χ2n) is 3.02. The van der Waals surface area contributed by atoms with Crippen LogP contribution >= 0.6 is 0 Å². The molecule has 14 heavy (non-hydrogen) atoms. The Morgan fingerprint density at radius 2 is 1.71 bits per heavy atom. The van der Waals surface area contributed by atoms with Gasteiger partial charge in [-0.1, -0.05) is 13.8 Å². The van der Waals surface area contributed by atoms with Crippen molar-refractivity contribution in [2.75, 3.05) is 14.2 Å². The summed E-state index contributed by atoms with van der Waals surface area (Å²) in [6, 6.07) is 0. The number of Topliss-reactive ketones (excluding diaryl/α,β-unsaturated/α-hetero) is 1. The zero-order valence-corrected chi connectivity index (χ0v) is 9.20. The Bertz CT molecular complexity index is 196. The van der Waals surface area contributed by atoms with Crippen LogP contribution in [0, 0.1) is 5.92 Å².